The SMILES string of the molecule is CC1=CC[C@@H](c2nnco2)[C@@H](c2ccccc2)C1. The maximum absolute atomic E-state index is 5.41. The monoisotopic (exact) mass is 240 g/mol. The summed E-state index contributed by atoms with van der Waals surface area (Å²) in [5.74, 6) is 1.50. The van der Waals surface area contributed by atoms with E-state index < -0.39 is 0 Å². The molecule has 0 N–H and O–H groups in total. The standard InChI is InChI=1S/C15H16N2O/c1-11-7-8-13(15-17-16-10-18-15)14(9-11)12-5-3-2-4-6-12/h2-7,10,13-14H,8-9H2,1H3/t13-,14-/m1/s1. The largest absolute Gasteiger partial charge is 0.428 e. The summed E-state index contributed by atoms with van der Waals surface area (Å²) < 4.78 is 5.41. The minimum atomic E-state index is 0.304. The number of nitrogens with zero attached hydrogens (tertiary/aromatic N) is 2. The van der Waals surface area contributed by atoms with Crippen molar-refractivity contribution in [1.82, 2.24) is 10.2 Å². The van der Waals surface area contributed by atoms with Gasteiger partial charge in [0.1, 0.15) is 0 Å². The van der Waals surface area contributed by atoms with Crippen molar-refractivity contribution < 1.29 is 4.42 Å². The van der Waals surface area contributed by atoms with E-state index in [1.165, 1.54) is 17.5 Å². The molecule has 0 saturated carbocycles. The highest BCUT2D eigenvalue weighted by molar-refractivity contribution is 5.28. The van der Waals surface area contributed by atoms with Crippen molar-refractivity contribution in [2.24, 2.45) is 0 Å². The van der Waals surface area contributed by atoms with Gasteiger partial charge in [-0.3, -0.25) is 0 Å². The molecule has 1 aromatic carbocycles. The average Bonchev–Trinajstić information content (AvgIpc) is 2.93. The van der Waals surface area contributed by atoms with Crippen LogP contribution in [0.3, 0.4) is 0 Å². The molecule has 1 aliphatic rings. The molecular formula is C15H16N2O. The van der Waals surface area contributed by atoms with Gasteiger partial charge in [0.15, 0.2) is 0 Å². The fraction of sp³-hybridized carbons (Fsp3) is 0.333. The number of aromatic nitrogens is 2. The van der Waals surface area contributed by atoms with Crippen molar-refractivity contribution in [2.75, 3.05) is 0 Å². The van der Waals surface area contributed by atoms with Crippen LogP contribution in [0.25, 0.3) is 0 Å². The van der Waals surface area contributed by atoms with E-state index in [-0.39, 0.29) is 0 Å². The van der Waals surface area contributed by atoms with Crippen LogP contribution in [-0.4, -0.2) is 10.2 Å². The number of hydrogen-bond donors (Lipinski definition) is 0. The Morgan fingerprint density at radius 1 is 1.17 bits per heavy atom. The van der Waals surface area contributed by atoms with E-state index in [9.17, 15) is 0 Å². The van der Waals surface area contributed by atoms with E-state index in [1.807, 2.05) is 0 Å². The van der Waals surface area contributed by atoms with Crippen molar-refractivity contribution in [3.8, 4) is 0 Å². The molecule has 2 aromatic rings. The Morgan fingerprint density at radius 2 is 2.00 bits per heavy atom. The van der Waals surface area contributed by atoms with Gasteiger partial charge in [-0.2, -0.15) is 0 Å². The van der Waals surface area contributed by atoms with E-state index >= 15 is 0 Å². The molecule has 0 fully saturated rings. The number of benzene rings is 1. The summed E-state index contributed by atoms with van der Waals surface area (Å²) in [6.07, 6.45) is 5.75. The van der Waals surface area contributed by atoms with Crippen LogP contribution in [0.5, 0.6) is 0 Å². The Balaban J connectivity index is 1.96. The summed E-state index contributed by atoms with van der Waals surface area (Å²) in [7, 11) is 0. The van der Waals surface area contributed by atoms with Gasteiger partial charge in [0.25, 0.3) is 0 Å². The second-order valence-electron chi connectivity index (χ2n) is 4.89. The third kappa shape index (κ3) is 2.08. The molecule has 3 heteroatoms. The zero-order valence-corrected chi connectivity index (χ0v) is 10.4. The molecule has 0 amide bonds. The van der Waals surface area contributed by atoms with Gasteiger partial charge in [0.05, 0.1) is 0 Å². The average molecular weight is 240 g/mol. The Morgan fingerprint density at radius 3 is 2.72 bits per heavy atom. The van der Waals surface area contributed by atoms with E-state index in [1.54, 1.807) is 0 Å². The molecule has 1 heterocycles. The van der Waals surface area contributed by atoms with Crippen LogP contribution < -0.4 is 0 Å². The molecule has 18 heavy (non-hydrogen) atoms. The fourth-order valence-corrected chi connectivity index (χ4v) is 2.73. The third-order valence-corrected chi connectivity index (χ3v) is 3.67. The highest BCUT2D eigenvalue weighted by atomic mass is 16.4. The van der Waals surface area contributed by atoms with Crippen molar-refractivity contribution in [3.63, 3.8) is 0 Å². The van der Waals surface area contributed by atoms with Crippen LogP contribution in [0.4, 0.5) is 0 Å². The molecule has 0 radical (unpaired) electrons. The van der Waals surface area contributed by atoms with Crippen molar-refractivity contribution in [2.45, 2.75) is 31.6 Å². The molecular weight excluding hydrogens is 224 g/mol. The minimum absolute atomic E-state index is 0.304. The van der Waals surface area contributed by atoms with Crippen LogP contribution in [0.2, 0.25) is 0 Å². The Bertz CT molecular complexity index is 531. The highest BCUT2D eigenvalue weighted by Crippen LogP contribution is 2.42. The summed E-state index contributed by atoms with van der Waals surface area (Å²) in [6, 6.07) is 10.6. The number of hydrogen-bond acceptors (Lipinski definition) is 3. The van der Waals surface area contributed by atoms with Gasteiger partial charge in [-0.25, -0.2) is 0 Å². The predicted octanol–water partition coefficient (Wildman–Crippen LogP) is 3.68. The lowest BCUT2D eigenvalue weighted by atomic mass is 9.76. The molecule has 1 aromatic heterocycles. The maximum atomic E-state index is 5.41. The molecule has 92 valence electrons. The molecule has 0 unspecified atom stereocenters. The zero-order valence-electron chi connectivity index (χ0n) is 10.4. The summed E-state index contributed by atoms with van der Waals surface area (Å²) >= 11 is 0. The van der Waals surface area contributed by atoms with Gasteiger partial charge in [-0.15, -0.1) is 10.2 Å². The fourth-order valence-electron chi connectivity index (χ4n) is 2.73. The van der Waals surface area contributed by atoms with Gasteiger partial charge in [-0.1, -0.05) is 42.0 Å². The molecule has 0 saturated heterocycles. The summed E-state index contributed by atoms with van der Waals surface area (Å²) in [6.45, 7) is 2.19. The first kappa shape index (κ1) is 11.2. The van der Waals surface area contributed by atoms with Crippen LogP contribution >= 0.6 is 0 Å². The van der Waals surface area contributed by atoms with Crippen LogP contribution in [-0.2, 0) is 0 Å². The predicted molar refractivity (Wildman–Crippen MR) is 69.2 cm³/mol. The van der Waals surface area contributed by atoms with E-state index in [0.29, 0.717) is 11.8 Å². The molecule has 1 aliphatic carbocycles. The van der Waals surface area contributed by atoms with E-state index in [0.717, 1.165) is 18.7 Å². The van der Waals surface area contributed by atoms with E-state index in [4.69, 9.17) is 4.42 Å². The molecule has 0 bridgehead atoms. The Hall–Kier alpha value is -1.90. The lowest BCUT2D eigenvalue weighted by molar-refractivity contribution is 0.391. The molecule has 3 nitrogen and oxygen atoms in total. The minimum Gasteiger partial charge on any atom is -0.428 e. The molecule has 3 rings (SSSR count). The van der Waals surface area contributed by atoms with Gasteiger partial charge >= 0.3 is 0 Å². The van der Waals surface area contributed by atoms with Gasteiger partial charge in [-0.05, 0) is 31.2 Å². The topological polar surface area (TPSA) is 38.9 Å². The quantitative estimate of drug-likeness (QED) is 0.752. The molecule has 2 atom stereocenters. The second kappa shape index (κ2) is 4.77. The zero-order chi connectivity index (χ0) is 12.4. The normalized spacial score (nSPS) is 23.7. The smallest absolute Gasteiger partial charge is 0.220 e. The van der Waals surface area contributed by atoms with Crippen LogP contribution in [0.15, 0.2) is 52.8 Å². The number of allylic oxidation sites excluding steroid dienone is 2. The van der Waals surface area contributed by atoms with Crippen molar-refractivity contribution in [3.05, 3.63) is 59.8 Å². The lowest BCUT2D eigenvalue weighted by Crippen LogP contribution is -2.15. The number of rotatable bonds is 2. The van der Waals surface area contributed by atoms with Gasteiger partial charge in [0, 0.05) is 5.92 Å². The first-order valence-corrected chi connectivity index (χ1v) is 6.31. The maximum Gasteiger partial charge on any atom is 0.220 e. The first-order chi connectivity index (χ1) is 8.84. The van der Waals surface area contributed by atoms with Crippen LogP contribution in [0.1, 0.15) is 43.1 Å². The Labute approximate surface area is 107 Å². The highest BCUT2D eigenvalue weighted by Gasteiger charge is 2.30. The Kier molecular flexibility index (Phi) is 2.97. The van der Waals surface area contributed by atoms with Gasteiger partial charge in [0.2, 0.25) is 12.3 Å². The van der Waals surface area contributed by atoms with E-state index in [2.05, 4.69) is 53.5 Å². The summed E-state index contributed by atoms with van der Waals surface area (Å²) in [5.41, 5.74) is 2.80. The summed E-state index contributed by atoms with van der Waals surface area (Å²) in [4.78, 5) is 0. The van der Waals surface area contributed by atoms with Crippen molar-refractivity contribution >= 4 is 0 Å². The van der Waals surface area contributed by atoms with Crippen molar-refractivity contribution in [1.29, 1.82) is 0 Å². The lowest BCUT2D eigenvalue weighted by Gasteiger charge is -2.28. The van der Waals surface area contributed by atoms with Gasteiger partial charge < -0.3 is 4.42 Å². The molecule has 0 spiro atoms. The molecule has 0 aliphatic heterocycles. The first-order valence-electron chi connectivity index (χ1n) is 6.31. The third-order valence-electron chi connectivity index (χ3n) is 3.67. The summed E-state index contributed by atoms with van der Waals surface area (Å²) in [5, 5.41) is 7.90. The second-order valence-corrected chi connectivity index (χ2v) is 4.89. The van der Waals surface area contributed by atoms with Crippen LogP contribution in [0, 0.1) is 0 Å².